The number of halogens is 1. The van der Waals surface area contributed by atoms with Gasteiger partial charge in [-0.3, -0.25) is 4.31 Å². The van der Waals surface area contributed by atoms with Gasteiger partial charge < -0.3 is 5.11 Å². The zero-order valence-electron chi connectivity index (χ0n) is 13.3. The number of carbonyl (C=O) groups is 1. The van der Waals surface area contributed by atoms with E-state index in [1.807, 2.05) is 0 Å². The lowest BCUT2D eigenvalue weighted by molar-refractivity contribution is 0.0696. The van der Waals surface area contributed by atoms with Crippen LogP contribution in [0, 0.1) is 5.82 Å². The molecule has 4 rings (SSSR count). The topological polar surface area (TPSA) is 74.7 Å². The van der Waals surface area contributed by atoms with E-state index in [1.54, 1.807) is 12.1 Å². The van der Waals surface area contributed by atoms with Gasteiger partial charge in [0.05, 0.1) is 16.1 Å². The minimum absolute atomic E-state index is 0.0297. The minimum Gasteiger partial charge on any atom is -0.478 e. The van der Waals surface area contributed by atoms with E-state index in [0.29, 0.717) is 30.5 Å². The Balaban J connectivity index is 1.88. The molecule has 1 N–H and O–H groups in total. The van der Waals surface area contributed by atoms with Crippen molar-refractivity contribution in [3.63, 3.8) is 0 Å². The highest BCUT2D eigenvalue weighted by molar-refractivity contribution is 7.93. The number of fused-ring (bicyclic) bond motifs is 2. The molecule has 25 heavy (non-hydrogen) atoms. The lowest BCUT2D eigenvalue weighted by atomic mass is 10.1. The smallest absolute Gasteiger partial charge is 0.335 e. The van der Waals surface area contributed by atoms with Gasteiger partial charge >= 0.3 is 5.97 Å². The second-order valence-corrected chi connectivity index (χ2v) is 8.20. The summed E-state index contributed by atoms with van der Waals surface area (Å²) in [6.45, 7) is 0.229. The SMILES string of the molecule is O=C(O)c1cc2c(c(S(=O)(=O)N3CCc4ccc(F)cc43)c1)CCC2. The predicted octanol–water partition coefficient (Wildman–Crippen LogP) is 2.76. The van der Waals surface area contributed by atoms with E-state index < -0.39 is 21.8 Å². The summed E-state index contributed by atoms with van der Waals surface area (Å²) in [5, 5.41) is 9.31. The van der Waals surface area contributed by atoms with Crippen LogP contribution < -0.4 is 4.31 Å². The number of anilines is 1. The molecule has 0 aromatic heterocycles. The summed E-state index contributed by atoms with van der Waals surface area (Å²) in [6.07, 6.45) is 2.58. The van der Waals surface area contributed by atoms with Crippen molar-refractivity contribution in [3.05, 3.63) is 58.4 Å². The molecule has 2 aliphatic rings. The number of sulfonamides is 1. The molecule has 130 valence electrons. The van der Waals surface area contributed by atoms with Gasteiger partial charge in [0.25, 0.3) is 10.0 Å². The van der Waals surface area contributed by atoms with E-state index in [1.165, 1.54) is 22.5 Å². The van der Waals surface area contributed by atoms with Crippen molar-refractivity contribution < 1.29 is 22.7 Å². The molecular formula is C18H16FNO4S. The van der Waals surface area contributed by atoms with Crippen molar-refractivity contribution in [3.8, 4) is 0 Å². The van der Waals surface area contributed by atoms with Crippen LogP contribution in [0.5, 0.6) is 0 Å². The van der Waals surface area contributed by atoms with Crippen molar-refractivity contribution in [2.45, 2.75) is 30.6 Å². The molecule has 0 atom stereocenters. The quantitative estimate of drug-likeness (QED) is 0.912. The molecule has 1 aliphatic heterocycles. The van der Waals surface area contributed by atoms with E-state index in [4.69, 9.17) is 0 Å². The van der Waals surface area contributed by atoms with Gasteiger partial charge in [-0.05, 0) is 66.6 Å². The molecular weight excluding hydrogens is 345 g/mol. The van der Waals surface area contributed by atoms with Crippen LogP contribution >= 0.6 is 0 Å². The Morgan fingerprint density at radius 1 is 1.08 bits per heavy atom. The monoisotopic (exact) mass is 361 g/mol. The summed E-state index contributed by atoms with van der Waals surface area (Å²) >= 11 is 0. The molecule has 2 aromatic carbocycles. The summed E-state index contributed by atoms with van der Waals surface area (Å²) < 4.78 is 41.3. The standard InChI is InChI=1S/C18H16FNO4S/c19-14-5-4-11-6-7-20(16(11)10-14)25(23,24)17-9-13(18(21)22)8-12-2-1-3-15(12)17/h4-5,8-10H,1-3,6-7H2,(H,21,22). The van der Waals surface area contributed by atoms with E-state index in [9.17, 15) is 22.7 Å². The molecule has 0 amide bonds. The summed E-state index contributed by atoms with van der Waals surface area (Å²) in [5.41, 5.74) is 2.55. The summed E-state index contributed by atoms with van der Waals surface area (Å²) in [5.74, 6) is -1.65. The Morgan fingerprint density at radius 3 is 2.64 bits per heavy atom. The molecule has 2 aromatic rings. The fraction of sp³-hybridized carbons (Fsp3) is 0.278. The van der Waals surface area contributed by atoms with Gasteiger partial charge in [0, 0.05) is 6.54 Å². The lowest BCUT2D eigenvalue weighted by Gasteiger charge is -2.22. The number of aromatic carboxylic acids is 1. The molecule has 0 saturated carbocycles. The van der Waals surface area contributed by atoms with Crippen LogP contribution in [0.3, 0.4) is 0 Å². The highest BCUT2D eigenvalue weighted by Crippen LogP contribution is 2.37. The molecule has 0 spiro atoms. The molecule has 0 saturated heterocycles. The lowest BCUT2D eigenvalue weighted by Crippen LogP contribution is -2.30. The number of nitrogens with zero attached hydrogens (tertiary/aromatic N) is 1. The summed E-state index contributed by atoms with van der Waals surface area (Å²) in [7, 11) is -3.95. The van der Waals surface area contributed by atoms with Gasteiger partial charge in [0.15, 0.2) is 0 Å². The van der Waals surface area contributed by atoms with Crippen LogP contribution in [0.15, 0.2) is 35.2 Å². The van der Waals surface area contributed by atoms with E-state index in [0.717, 1.165) is 17.5 Å². The molecule has 0 radical (unpaired) electrons. The summed E-state index contributed by atoms with van der Waals surface area (Å²) in [6, 6.07) is 6.93. The van der Waals surface area contributed by atoms with E-state index in [-0.39, 0.29) is 17.0 Å². The Kier molecular flexibility index (Phi) is 3.57. The zero-order valence-corrected chi connectivity index (χ0v) is 14.1. The van der Waals surface area contributed by atoms with Crippen LogP contribution in [-0.4, -0.2) is 26.0 Å². The van der Waals surface area contributed by atoms with E-state index >= 15 is 0 Å². The predicted molar refractivity (Wildman–Crippen MR) is 90.1 cm³/mol. The van der Waals surface area contributed by atoms with Crippen LogP contribution in [0.2, 0.25) is 0 Å². The van der Waals surface area contributed by atoms with Gasteiger partial charge in [-0.1, -0.05) is 6.07 Å². The second kappa shape index (κ2) is 5.56. The first-order valence-corrected chi connectivity index (χ1v) is 9.52. The second-order valence-electron chi connectivity index (χ2n) is 6.37. The maximum Gasteiger partial charge on any atom is 0.335 e. The fourth-order valence-corrected chi connectivity index (χ4v) is 5.53. The fourth-order valence-electron chi connectivity index (χ4n) is 3.71. The van der Waals surface area contributed by atoms with Crippen LogP contribution in [0.25, 0.3) is 0 Å². The minimum atomic E-state index is -3.95. The number of rotatable bonds is 3. The highest BCUT2D eigenvalue weighted by atomic mass is 32.2. The summed E-state index contributed by atoms with van der Waals surface area (Å²) in [4.78, 5) is 11.4. The van der Waals surface area contributed by atoms with Gasteiger partial charge in [-0.2, -0.15) is 0 Å². The maximum absolute atomic E-state index is 13.6. The Hall–Kier alpha value is -2.41. The molecule has 0 bridgehead atoms. The van der Waals surface area contributed by atoms with Crippen molar-refractivity contribution >= 4 is 21.7 Å². The number of carboxylic acid groups (broad SMARTS) is 1. The van der Waals surface area contributed by atoms with Gasteiger partial charge in [0.2, 0.25) is 0 Å². The number of aryl methyl sites for hydroxylation is 1. The van der Waals surface area contributed by atoms with Crippen molar-refractivity contribution in [1.82, 2.24) is 0 Å². The molecule has 1 aliphatic carbocycles. The Morgan fingerprint density at radius 2 is 1.88 bits per heavy atom. The number of hydrogen-bond donors (Lipinski definition) is 1. The van der Waals surface area contributed by atoms with Gasteiger partial charge in [-0.25, -0.2) is 17.6 Å². The maximum atomic E-state index is 13.6. The zero-order chi connectivity index (χ0) is 17.8. The molecule has 1 heterocycles. The number of hydrogen-bond acceptors (Lipinski definition) is 3. The third kappa shape index (κ3) is 2.50. The molecule has 5 nitrogen and oxygen atoms in total. The average Bonchev–Trinajstić information content (AvgIpc) is 3.19. The van der Waals surface area contributed by atoms with Crippen molar-refractivity contribution in [2.24, 2.45) is 0 Å². The van der Waals surface area contributed by atoms with Crippen LogP contribution in [-0.2, 0) is 29.3 Å². The van der Waals surface area contributed by atoms with Crippen LogP contribution in [0.4, 0.5) is 10.1 Å². The van der Waals surface area contributed by atoms with Crippen molar-refractivity contribution in [2.75, 3.05) is 10.8 Å². The average molecular weight is 361 g/mol. The van der Waals surface area contributed by atoms with Gasteiger partial charge in [-0.15, -0.1) is 0 Å². The third-order valence-electron chi connectivity index (χ3n) is 4.89. The number of benzene rings is 2. The van der Waals surface area contributed by atoms with Crippen molar-refractivity contribution in [1.29, 1.82) is 0 Å². The first-order valence-electron chi connectivity index (χ1n) is 8.08. The molecule has 7 heteroatoms. The molecule has 0 fully saturated rings. The first kappa shape index (κ1) is 16.1. The van der Waals surface area contributed by atoms with Gasteiger partial charge in [0.1, 0.15) is 5.82 Å². The third-order valence-corrected chi connectivity index (χ3v) is 6.77. The highest BCUT2D eigenvalue weighted by Gasteiger charge is 2.34. The van der Waals surface area contributed by atoms with E-state index in [2.05, 4.69) is 0 Å². The van der Waals surface area contributed by atoms with Crippen LogP contribution in [0.1, 0.15) is 33.5 Å². The molecule has 0 unspecified atom stereocenters. The number of carboxylic acids is 1. The Bertz CT molecular complexity index is 1000. The normalized spacial score (nSPS) is 16.0. The Labute approximate surface area is 144 Å². The first-order chi connectivity index (χ1) is 11.9. The largest absolute Gasteiger partial charge is 0.478 e.